The summed E-state index contributed by atoms with van der Waals surface area (Å²) in [5.41, 5.74) is 3.16. The molecule has 35 heavy (non-hydrogen) atoms. The van der Waals surface area contributed by atoms with Gasteiger partial charge in [-0.15, -0.1) is 0 Å². The third-order valence-electron chi connectivity index (χ3n) is 5.76. The number of carbonyl (C=O) groups excluding carboxylic acids is 1. The number of ether oxygens (including phenoxy) is 1. The first kappa shape index (κ1) is 22.6. The van der Waals surface area contributed by atoms with Crippen molar-refractivity contribution in [2.75, 3.05) is 12.0 Å². The predicted octanol–water partition coefficient (Wildman–Crippen LogP) is 6.24. The zero-order chi connectivity index (χ0) is 24.5. The average Bonchev–Trinajstić information content (AvgIpc) is 3.34. The van der Waals surface area contributed by atoms with E-state index >= 15 is 0 Å². The Morgan fingerprint density at radius 1 is 1.09 bits per heavy atom. The number of rotatable bonds is 5. The Labute approximate surface area is 205 Å². The average molecular weight is 491 g/mol. The van der Waals surface area contributed by atoms with Crippen LogP contribution in [-0.2, 0) is 0 Å². The van der Waals surface area contributed by atoms with Gasteiger partial charge in [0.2, 0.25) is 5.82 Å². The molecule has 1 aromatic heterocycles. The lowest BCUT2D eigenvalue weighted by Gasteiger charge is -2.35. The third kappa shape index (κ3) is 4.36. The number of hydrogen-bond acceptors (Lipinski definition) is 5. The third-order valence-corrected chi connectivity index (χ3v) is 5.99. The molecule has 0 bridgehead atoms. The lowest BCUT2D eigenvalue weighted by Crippen LogP contribution is -2.46. The van der Waals surface area contributed by atoms with E-state index in [1.807, 2.05) is 30.3 Å². The van der Waals surface area contributed by atoms with Gasteiger partial charge in [-0.05, 0) is 73.2 Å². The number of nitrogens with zero attached hydrogens (tertiary/aromatic N) is 3. The SMILES string of the molecule is COc1ccc(-c2noc(C3=C(C)N(c4ccc(F)cc4)C(=O)NC3c3cccc(Cl)c3)n2)cc1. The fourth-order valence-corrected chi connectivity index (χ4v) is 4.25. The Bertz CT molecular complexity index is 1420. The topological polar surface area (TPSA) is 80.5 Å². The van der Waals surface area contributed by atoms with Crippen LogP contribution < -0.4 is 15.0 Å². The van der Waals surface area contributed by atoms with Gasteiger partial charge in [0, 0.05) is 16.3 Å². The molecule has 0 aliphatic carbocycles. The number of aromatic nitrogens is 2. The van der Waals surface area contributed by atoms with E-state index in [0.29, 0.717) is 33.6 Å². The minimum Gasteiger partial charge on any atom is -0.497 e. The minimum absolute atomic E-state index is 0.241. The molecule has 1 N–H and O–H groups in total. The first-order chi connectivity index (χ1) is 16.9. The second-order valence-corrected chi connectivity index (χ2v) is 8.34. The number of allylic oxidation sites excluding steroid dienone is 1. The maximum Gasteiger partial charge on any atom is 0.326 e. The van der Waals surface area contributed by atoms with E-state index in [-0.39, 0.29) is 11.9 Å². The summed E-state index contributed by atoms with van der Waals surface area (Å²) in [4.78, 5) is 19.3. The van der Waals surface area contributed by atoms with Crippen molar-refractivity contribution in [3.05, 3.63) is 101 Å². The van der Waals surface area contributed by atoms with E-state index in [1.165, 1.54) is 29.2 Å². The Hall–Kier alpha value is -4.17. The van der Waals surface area contributed by atoms with Crippen LogP contribution in [0.15, 0.2) is 83.0 Å². The summed E-state index contributed by atoms with van der Waals surface area (Å²) in [7, 11) is 1.59. The fourth-order valence-electron chi connectivity index (χ4n) is 4.05. The van der Waals surface area contributed by atoms with Gasteiger partial charge >= 0.3 is 6.03 Å². The molecule has 0 fully saturated rings. The van der Waals surface area contributed by atoms with E-state index in [9.17, 15) is 9.18 Å². The Morgan fingerprint density at radius 3 is 2.51 bits per heavy atom. The van der Waals surface area contributed by atoms with Crippen molar-refractivity contribution in [1.82, 2.24) is 15.5 Å². The van der Waals surface area contributed by atoms with Crippen LogP contribution >= 0.6 is 11.6 Å². The fraction of sp³-hybridized carbons (Fsp3) is 0.115. The van der Waals surface area contributed by atoms with Gasteiger partial charge in [-0.2, -0.15) is 4.98 Å². The standard InChI is InChI=1S/C26H20ClFN4O3/c1-15-22(25-30-24(31-35-25)16-6-12-21(34-2)13-7-16)23(17-4-3-5-18(27)14-17)29-26(33)32(15)20-10-8-19(28)9-11-20/h3-14,23H,1-2H3,(H,29,33). The molecule has 1 unspecified atom stereocenters. The summed E-state index contributed by atoms with van der Waals surface area (Å²) in [6.07, 6.45) is 0. The highest BCUT2D eigenvalue weighted by Gasteiger charge is 2.36. The first-order valence-electron chi connectivity index (χ1n) is 10.8. The van der Waals surface area contributed by atoms with Crippen LogP contribution in [0.4, 0.5) is 14.9 Å². The lowest BCUT2D eigenvalue weighted by atomic mass is 9.94. The van der Waals surface area contributed by atoms with Crippen molar-refractivity contribution in [3.63, 3.8) is 0 Å². The monoisotopic (exact) mass is 490 g/mol. The Morgan fingerprint density at radius 2 is 1.83 bits per heavy atom. The van der Waals surface area contributed by atoms with Gasteiger partial charge < -0.3 is 14.6 Å². The smallest absolute Gasteiger partial charge is 0.326 e. The molecule has 0 spiro atoms. The number of carbonyl (C=O) groups is 1. The largest absolute Gasteiger partial charge is 0.497 e. The van der Waals surface area contributed by atoms with Gasteiger partial charge in [-0.3, -0.25) is 4.90 Å². The molecule has 176 valence electrons. The highest BCUT2D eigenvalue weighted by Crippen LogP contribution is 2.39. The molecular formula is C26H20ClFN4O3. The van der Waals surface area contributed by atoms with Gasteiger partial charge in [0.25, 0.3) is 5.89 Å². The predicted molar refractivity (Wildman–Crippen MR) is 130 cm³/mol. The summed E-state index contributed by atoms with van der Waals surface area (Å²) in [6.45, 7) is 1.78. The second-order valence-electron chi connectivity index (χ2n) is 7.90. The van der Waals surface area contributed by atoms with Crippen LogP contribution in [-0.4, -0.2) is 23.3 Å². The molecule has 1 aliphatic heterocycles. The summed E-state index contributed by atoms with van der Waals surface area (Å²) in [6, 6.07) is 19.2. The molecule has 7 nitrogen and oxygen atoms in total. The maximum absolute atomic E-state index is 13.5. The van der Waals surface area contributed by atoms with Crippen molar-refractivity contribution in [1.29, 1.82) is 0 Å². The zero-order valence-corrected chi connectivity index (χ0v) is 19.6. The van der Waals surface area contributed by atoms with E-state index in [4.69, 9.17) is 20.9 Å². The molecule has 2 amide bonds. The molecule has 2 heterocycles. The molecule has 3 aromatic carbocycles. The molecule has 1 atom stereocenters. The number of benzene rings is 3. The van der Waals surface area contributed by atoms with E-state index in [2.05, 4.69) is 15.5 Å². The Kier molecular flexibility index (Phi) is 5.96. The van der Waals surface area contributed by atoms with Crippen LogP contribution in [0.5, 0.6) is 5.75 Å². The summed E-state index contributed by atoms with van der Waals surface area (Å²) < 4.78 is 24.4. The molecule has 5 rings (SSSR count). The number of amides is 2. The van der Waals surface area contributed by atoms with Crippen LogP contribution in [0.2, 0.25) is 5.02 Å². The van der Waals surface area contributed by atoms with Crippen LogP contribution in [0.3, 0.4) is 0 Å². The van der Waals surface area contributed by atoms with E-state index in [1.54, 1.807) is 32.2 Å². The van der Waals surface area contributed by atoms with E-state index in [0.717, 1.165) is 11.1 Å². The maximum atomic E-state index is 13.5. The van der Waals surface area contributed by atoms with E-state index < -0.39 is 11.9 Å². The molecule has 4 aromatic rings. The lowest BCUT2D eigenvalue weighted by molar-refractivity contribution is 0.244. The molecular weight excluding hydrogens is 471 g/mol. The molecule has 1 aliphatic rings. The number of urea groups is 1. The quantitative estimate of drug-likeness (QED) is 0.358. The summed E-state index contributed by atoms with van der Waals surface area (Å²) in [5.74, 6) is 0.941. The molecule has 0 saturated heterocycles. The van der Waals surface area contributed by atoms with Crippen LogP contribution in [0.1, 0.15) is 24.4 Å². The van der Waals surface area contributed by atoms with Gasteiger partial charge in [0.15, 0.2) is 0 Å². The van der Waals surface area contributed by atoms with Gasteiger partial charge in [0.1, 0.15) is 11.6 Å². The first-order valence-corrected chi connectivity index (χ1v) is 11.1. The zero-order valence-electron chi connectivity index (χ0n) is 18.8. The summed E-state index contributed by atoms with van der Waals surface area (Å²) in [5, 5.41) is 7.68. The van der Waals surface area contributed by atoms with Crippen molar-refractivity contribution in [3.8, 4) is 17.1 Å². The highest BCUT2D eigenvalue weighted by molar-refractivity contribution is 6.30. The number of nitrogens with one attached hydrogen (secondary N) is 1. The number of halogens is 2. The Balaban J connectivity index is 1.63. The van der Waals surface area contributed by atoms with Crippen molar-refractivity contribution in [2.45, 2.75) is 13.0 Å². The minimum atomic E-state index is -0.595. The molecule has 9 heteroatoms. The number of anilines is 1. The van der Waals surface area contributed by atoms with Crippen LogP contribution in [0, 0.1) is 5.82 Å². The van der Waals surface area contributed by atoms with Crippen molar-refractivity contribution < 1.29 is 18.4 Å². The number of methoxy groups -OCH3 is 1. The molecule has 0 saturated carbocycles. The van der Waals surface area contributed by atoms with Crippen molar-refractivity contribution in [2.24, 2.45) is 0 Å². The summed E-state index contributed by atoms with van der Waals surface area (Å²) >= 11 is 6.24. The number of hydrogen-bond donors (Lipinski definition) is 1. The van der Waals surface area contributed by atoms with Gasteiger partial charge in [-0.25, -0.2) is 9.18 Å². The second kappa shape index (κ2) is 9.23. The normalized spacial score (nSPS) is 15.8. The van der Waals surface area contributed by atoms with Crippen LogP contribution in [0.25, 0.3) is 17.0 Å². The van der Waals surface area contributed by atoms with Gasteiger partial charge in [-0.1, -0.05) is 28.9 Å². The van der Waals surface area contributed by atoms with Crippen molar-refractivity contribution >= 4 is 28.9 Å². The van der Waals surface area contributed by atoms with Gasteiger partial charge in [0.05, 0.1) is 24.4 Å². The molecule has 0 radical (unpaired) electrons. The highest BCUT2D eigenvalue weighted by atomic mass is 35.5.